The van der Waals surface area contributed by atoms with E-state index in [2.05, 4.69) is 5.32 Å². The van der Waals surface area contributed by atoms with Gasteiger partial charge in [0.25, 0.3) is 0 Å². The van der Waals surface area contributed by atoms with E-state index in [-0.39, 0.29) is 36.4 Å². The van der Waals surface area contributed by atoms with Gasteiger partial charge in [0.05, 0.1) is 19.7 Å². The molecule has 1 N–H and O–H groups in total. The second-order valence-electron chi connectivity index (χ2n) is 6.86. The van der Waals surface area contributed by atoms with Crippen LogP contribution in [0.3, 0.4) is 0 Å². The van der Waals surface area contributed by atoms with Crippen LogP contribution in [0, 0.1) is 0 Å². The maximum absolute atomic E-state index is 12.4. The van der Waals surface area contributed by atoms with Crippen LogP contribution in [0.25, 0.3) is 0 Å². The molecule has 138 valence electrons. The number of thioether (sulfide) groups is 1. The number of rotatable bonds is 6. The first-order valence-corrected chi connectivity index (χ1v) is 9.33. The standard InChI is InChI=1S/C16H29N3O4S/c1-6-23-15(22)12-11-24-8-7-19(12)10-14(21)18(5)9-13(20)17-16(2,3)4/h12H,6-11H2,1-5H3,(H,17,20). The fraction of sp³-hybridized carbons (Fsp3) is 0.812. The second-order valence-corrected chi connectivity index (χ2v) is 8.01. The minimum Gasteiger partial charge on any atom is -0.465 e. The SMILES string of the molecule is CCOC(=O)C1CSCCN1CC(=O)N(C)CC(=O)NC(C)(C)C. The number of ether oxygens (including phenoxy) is 1. The van der Waals surface area contributed by atoms with Gasteiger partial charge in [0, 0.05) is 30.6 Å². The second kappa shape index (κ2) is 9.27. The van der Waals surface area contributed by atoms with Crippen LogP contribution < -0.4 is 5.32 Å². The van der Waals surface area contributed by atoms with E-state index in [1.807, 2.05) is 25.7 Å². The predicted molar refractivity (Wildman–Crippen MR) is 94.9 cm³/mol. The maximum atomic E-state index is 12.4. The molecule has 0 saturated carbocycles. The fourth-order valence-corrected chi connectivity index (χ4v) is 3.44. The molecule has 1 atom stereocenters. The highest BCUT2D eigenvalue weighted by Gasteiger charge is 2.32. The Morgan fingerprint density at radius 1 is 1.33 bits per heavy atom. The Bertz CT molecular complexity index is 465. The monoisotopic (exact) mass is 359 g/mol. The van der Waals surface area contributed by atoms with Crippen molar-refractivity contribution in [1.29, 1.82) is 0 Å². The van der Waals surface area contributed by atoms with E-state index in [1.54, 1.807) is 25.7 Å². The van der Waals surface area contributed by atoms with Gasteiger partial charge in [0.15, 0.2) is 0 Å². The minimum atomic E-state index is -0.399. The van der Waals surface area contributed by atoms with Gasteiger partial charge in [-0.05, 0) is 27.7 Å². The Morgan fingerprint density at radius 2 is 2.00 bits per heavy atom. The number of hydrogen-bond donors (Lipinski definition) is 1. The van der Waals surface area contributed by atoms with Gasteiger partial charge < -0.3 is 15.0 Å². The van der Waals surface area contributed by atoms with Crippen LogP contribution in [-0.4, -0.2) is 84.0 Å². The average molecular weight is 359 g/mol. The highest BCUT2D eigenvalue weighted by atomic mass is 32.2. The zero-order valence-corrected chi connectivity index (χ0v) is 16.1. The summed E-state index contributed by atoms with van der Waals surface area (Å²) in [6.45, 7) is 8.54. The van der Waals surface area contributed by atoms with Crippen LogP contribution in [-0.2, 0) is 19.1 Å². The highest BCUT2D eigenvalue weighted by Crippen LogP contribution is 2.17. The molecule has 0 aromatic heterocycles. The van der Waals surface area contributed by atoms with Gasteiger partial charge in [0.2, 0.25) is 11.8 Å². The summed E-state index contributed by atoms with van der Waals surface area (Å²) in [6, 6.07) is -0.399. The Balaban J connectivity index is 2.57. The molecule has 0 spiro atoms. The number of carbonyl (C=O) groups is 3. The molecule has 0 aromatic rings. The first-order valence-electron chi connectivity index (χ1n) is 8.17. The number of carbonyl (C=O) groups excluding carboxylic acids is 3. The topological polar surface area (TPSA) is 79.0 Å². The Hall–Kier alpha value is -1.28. The van der Waals surface area contributed by atoms with Crippen LogP contribution in [0.15, 0.2) is 0 Å². The van der Waals surface area contributed by atoms with Gasteiger partial charge in [-0.15, -0.1) is 0 Å². The molecular formula is C16H29N3O4S. The Kier molecular flexibility index (Phi) is 8.02. The van der Waals surface area contributed by atoms with E-state index in [4.69, 9.17) is 4.74 Å². The number of esters is 1. The van der Waals surface area contributed by atoms with Crippen molar-refractivity contribution in [2.24, 2.45) is 0 Å². The molecule has 24 heavy (non-hydrogen) atoms. The van der Waals surface area contributed by atoms with Gasteiger partial charge in [-0.3, -0.25) is 19.3 Å². The van der Waals surface area contributed by atoms with Crippen molar-refractivity contribution in [3.63, 3.8) is 0 Å². The molecule has 1 aliphatic heterocycles. The lowest BCUT2D eigenvalue weighted by Crippen LogP contribution is -2.53. The van der Waals surface area contributed by atoms with E-state index in [0.717, 1.165) is 5.75 Å². The van der Waals surface area contributed by atoms with Crippen molar-refractivity contribution in [3.8, 4) is 0 Å². The van der Waals surface area contributed by atoms with Crippen LogP contribution in [0.2, 0.25) is 0 Å². The van der Waals surface area contributed by atoms with Crippen molar-refractivity contribution in [2.45, 2.75) is 39.3 Å². The van der Waals surface area contributed by atoms with Crippen LogP contribution >= 0.6 is 11.8 Å². The van der Waals surface area contributed by atoms with Gasteiger partial charge in [-0.1, -0.05) is 0 Å². The molecular weight excluding hydrogens is 330 g/mol. The summed E-state index contributed by atoms with van der Waals surface area (Å²) in [4.78, 5) is 39.6. The molecule has 1 heterocycles. The van der Waals surface area contributed by atoms with Crippen molar-refractivity contribution in [3.05, 3.63) is 0 Å². The Morgan fingerprint density at radius 3 is 2.58 bits per heavy atom. The number of nitrogens with one attached hydrogen (secondary N) is 1. The van der Waals surface area contributed by atoms with E-state index < -0.39 is 6.04 Å². The van der Waals surface area contributed by atoms with Gasteiger partial charge >= 0.3 is 5.97 Å². The molecule has 0 aliphatic carbocycles. The lowest BCUT2D eigenvalue weighted by atomic mass is 10.1. The molecule has 1 unspecified atom stereocenters. The van der Waals surface area contributed by atoms with E-state index >= 15 is 0 Å². The summed E-state index contributed by atoms with van der Waals surface area (Å²) in [6.07, 6.45) is 0. The van der Waals surface area contributed by atoms with Crippen molar-refractivity contribution in [2.75, 3.05) is 44.8 Å². The molecule has 0 aromatic carbocycles. The molecule has 1 rings (SSSR count). The normalized spacial score (nSPS) is 18.8. The van der Waals surface area contributed by atoms with E-state index in [9.17, 15) is 14.4 Å². The van der Waals surface area contributed by atoms with Crippen molar-refractivity contribution < 1.29 is 19.1 Å². The summed E-state index contributed by atoms with van der Waals surface area (Å²) in [5.74, 6) is 0.831. The third-order valence-corrected chi connectivity index (χ3v) is 4.48. The fourth-order valence-electron chi connectivity index (χ4n) is 2.34. The first kappa shape index (κ1) is 20.8. The summed E-state index contributed by atoms with van der Waals surface area (Å²) in [7, 11) is 1.60. The predicted octanol–water partition coefficient (Wildman–Crippen LogP) is 0.340. The minimum absolute atomic E-state index is 0.00274. The van der Waals surface area contributed by atoms with Crippen LogP contribution in [0.4, 0.5) is 0 Å². The zero-order valence-electron chi connectivity index (χ0n) is 15.3. The van der Waals surface area contributed by atoms with E-state index in [0.29, 0.717) is 18.9 Å². The van der Waals surface area contributed by atoms with Crippen LogP contribution in [0.5, 0.6) is 0 Å². The summed E-state index contributed by atoms with van der Waals surface area (Å²) >= 11 is 1.68. The summed E-state index contributed by atoms with van der Waals surface area (Å²) in [5.41, 5.74) is -0.333. The molecule has 0 radical (unpaired) electrons. The highest BCUT2D eigenvalue weighted by molar-refractivity contribution is 7.99. The smallest absolute Gasteiger partial charge is 0.324 e. The maximum Gasteiger partial charge on any atom is 0.324 e. The quantitative estimate of drug-likeness (QED) is 0.689. The summed E-state index contributed by atoms with van der Waals surface area (Å²) in [5, 5.41) is 2.83. The number of nitrogens with zero attached hydrogens (tertiary/aromatic N) is 2. The van der Waals surface area contributed by atoms with Gasteiger partial charge in [-0.2, -0.15) is 11.8 Å². The third-order valence-electron chi connectivity index (χ3n) is 3.46. The number of likely N-dealkylation sites (N-methyl/N-ethyl adjacent to an activating group) is 1. The molecule has 1 fully saturated rings. The van der Waals surface area contributed by atoms with E-state index in [1.165, 1.54) is 4.90 Å². The molecule has 7 nitrogen and oxygen atoms in total. The van der Waals surface area contributed by atoms with Gasteiger partial charge in [0.1, 0.15) is 6.04 Å². The molecule has 1 saturated heterocycles. The van der Waals surface area contributed by atoms with Crippen LogP contribution in [0.1, 0.15) is 27.7 Å². The lowest BCUT2D eigenvalue weighted by molar-refractivity contribution is -0.150. The molecule has 1 aliphatic rings. The lowest BCUT2D eigenvalue weighted by Gasteiger charge is -2.34. The zero-order chi connectivity index (χ0) is 18.3. The largest absolute Gasteiger partial charge is 0.465 e. The summed E-state index contributed by atoms with van der Waals surface area (Å²) < 4.78 is 5.09. The van der Waals surface area contributed by atoms with Crippen molar-refractivity contribution in [1.82, 2.24) is 15.1 Å². The van der Waals surface area contributed by atoms with Crippen molar-refractivity contribution >= 4 is 29.5 Å². The average Bonchev–Trinajstić information content (AvgIpc) is 2.45. The number of amides is 2. The van der Waals surface area contributed by atoms with Gasteiger partial charge in [-0.25, -0.2) is 0 Å². The molecule has 0 bridgehead atoms. The third kappa shape index (κ3) is 7.09. The Labute approximate surface area is 148 Å². The number of hydrogen-bond acceptors (Lipinski definition) is 6. The first-order chi connectivity index (χ1) is 11.1. The molecule has 8 heteroatoms. The molecule has 2 amide bonds.